The maximum Gasteiger partial charge on any atom is 0.434 e. The number of nitrogens with one attached hydrogen (secondary N) is 1. The highest BCUT2D eigenvalue weighted by atomic mass is 16.5. The van der Waals surface area contributed by atoms with Crippen molar-refractivity contribution < 1.29 is 9.15 Å². The van der Waals surface area contributed by atoms with Crippen molar-refractivity contribution in [1.29, 1.82) is 0 Å². The number of aromatic nitrogens is 2. The van der Waals surface area contributed by atoms with E-state index in [0.29, 0.717) is 13.0 Å². The fraction of sp³-hybridized carbons (Fsp3) is 0.231. The molecule has 0 radical (unpaired) electrons. The molecule has 2 rings (SSSR count). The van der Waals surface area contributed by atoms with Crippen molar-refractivity contribution in [2.24, 2.45) is 5.73 Å². The third-order valence-electron chi connectivity index (χ3n) is 2.52. The van der Waals surface area contributed by atoms with E-state index in [0.717, 1.165) is 11.3 Å². The molecule has 1 aromatic heterocycles. The largest absolute Gasteiger partial charge is 0.490 e. The molecule has 3 N–H and O–H groups in total. The number of hydrogen-bond acceptors (Lipinski definition) is 5. The van der Waals surface area contributed by atoms with Gasteiger partial charge in [-0.3, -0.25) is 0 Å². The van der Waals surface area contributed by atoms with Gasteiger partial charge in [-0.15, -0.1) is 5.10 Å². The monoisotopic (exact) mass is 261 g/mol. The van der Waals surface area contributed by atoms with Crippen LogP contribution < -0.4 is 16.2 Å². The Bertz CT molecular complexity index is 586. The summed E-state index contributed by atoms with van der Waals surface area (Å²) in [6.07, 6.45) is 2.21. The Hall–Kier alpha value is -2.34. The molecule has 0 aliphatic carbocycles. The van der Waals surface area contributed by atoms with Crippen LogP contribution >= 0.6 is 0 Å². The average molecular weight is 261 g/mol. The number of benzene rings is 1. The third-order valence-corrected chi connectivity index (χ3v) is 2.52. The minimum absolute atomic E-state index is 0.206. The van der Waals surface area contributed by atoms with E-state index < -0.39 is 11.8 Å². The number of ether oxygens (including phenoxy) is 1. The van der Waals surface area contributed by atoms with Crippen molar-refractivity contribution in [3.05, 3.63) is 58.9 Å². The van der Waals surface area contributed by atoms with Gasteiger partial charge in [0.1, 0.15) is 12.4 Å². The van der Waals surface area contributed by atoms with Crippen LogP contribution in [0.2, 0.25) is 0 Å². The molecule has 2 aromatic rings. The first-order valence-corrected chi connectivity index (χ1v) is 5.82. The van der Waals surface area contributed by atoms with Crippen LogP contribution in [0.4, 0.5) is 0 Å². The summed E-state index contributed by atoms with van der Waals surface area (Å²) in [7, 11) is 0. The Labute approximate surface area is 109 Å². The molecular formula is C13H15N3O3. The molecule has 0 aliphatic heterocycles. The van der Waals surface area contributed by atoms with E-state index in [-0.39, 0.29) is 5.89 Å². The highest BCUT2D eigenvalue weighted by molar-refractivity contribution is 5.28. The van der Waals surface area contributed by atoms with Crippen molar-refractivity contribution in [1.82, 2.24) is 10.2 Å². The van der Waals surface area contributed by atoms with Crippen molar-refractivity contribution in [3.8, 4) is 5.75 Å². The van der Waals surface area contributed by atoms with Crippen molar-refractivity contribution in [2.45, 2.75) is 12.5 Å². The molecule has 6 nitrogen and oxygen atoms in total. The number of hydrogen-bond donors (Lipinski definition) is 2. The van der Waals surface area contributed by atoms with Crippen molar-refractivity contribution >= 4 is 0 Å². The number of nitrogens with two attached hydrogens (primary N) is 1. The third kappa shape index (κ3) is 3.56. The minimum atomic E-state index is -0.598. The maximum atomic E-state index is 10.8. The zero-order valence-corrected chi connectivity index (χ0v) is 10.3. The van der Waals surface area contributed by atoms with Gasteiger partial charge in [-0.25, -0.2) is 9.89 Å². The summed E-state index contributed by atoms with van der Waals surface area (Å²) in [4.78, 5) is 10.8. The summed E-state index contributed by atoms with van der Waals surface area (Å²) in [5, 5.41) is 5.89. The van der Waals surface area contributed by atoms with Crippen LogP contribution in [-0.4, -0.2) is 16.8 Å². The Morgan fingerprint density at radius 1 is 1.47 bits per heavy atom. The quantitative estimate of drug-likeness (QED) is 0.761. The number of nitrogens with zero attached hydrogens (tertiary/aromatic N) is 1. The zero-order chi connectivity index (χ0) is 13.7. The smallest absolute Gasteiger partial charge is 0.434 e. The van der Waals surface area contributed by atoms with E-state index >= 15 is 0 Å². The van der Waals surface area contributed by atoms with Gasteiger partial charge in [0, 0.05) is 0 Å². The summed E-state index contributed by atoms with van der Waals surface area (Å²) >= 11 is 0. The first-order valence-electron chi connectivity index (χ1n) is 5.82. The van der Waals surface area contributed by atoms with Gasteiger partial charge < -0.3 is 14.9 Å². The molecule has 0 amide bonds. The standard InChI is InChI=1S/C13H15N3O3/c1-2-7-18-10-5-3-9(4-6-10)8-11(14)12-15-16-13(17)19-12/h2-6,11H,1,7-8,14H2,(H,16,17)/t11-/m0/s1. The van der Waals surface area contributed by atoms with Crippen LogP contribution in [0, 0.1) is 0 Å². The second-order valence-electron chi connectivity index (χ2n) is 4.01. The number of H-pyrrole nitrogens is 1. The summed E-state index contributed by atoms with van der Waals surface area (Å²) in [5.41, 5.74) is 6.90. The van der Waals surface area contributed by atoms with E-state index in [9.17, 15) is 4.79 Å². The molecule has 0 spiro atoms. The lowest BCUT2D eigenvalue weighted by atomic mass is 10.1. The predicted octanol–water partition coefficient (Wildman–Crippen LogP) is 1.17. The number of rotatable bonds is 6. The molecule has 19 heavy (non-hydrogen) atoms. The van der Waals surface area contributed by atoms with Gasteiger partial charge in [-0.2, -0.15) is 0 Å². The van der Waals surface area contributed by atoms with Crippen LogP contribution in [0.1, 0.15) is 17.5 Å². The van der Waals surface area contributed by atoms with Gasteiger partial charge in [0.05, 0.1) is 6.04 Å². The van der Waals surface area contributed by atoms with Crippen LogP contribution in [-0.2, 0) is 6.42 Å². The number of aromatic amines is 1. The molecular weight excluding hydrogens is 246 g/mol. The molecule has 1 heterocycles. The summed E-state index contributed by atoms with van der Waals surface area (Å²) in [5.74, 6) is 0.374. The first kappa shape index (κ1) is 13.1. The normalized spacial score (nSPS) is 12.1. The zero-order valence-electron chi connectivity index (χ0n) is 10.3. The summed E-state index contributed by atoms with van der Waals surface area (Å²) < 4.78 is 10.2. The van der Waals surface area contributed by atoms with Gasteiger partial charge >= 0.3 is 5.76 Å². The molecule has 1 atom stereocenters. The highest BCUT2D eigenvalue weighted by Crippen LogP contribution is 2.16. The Morgan fingerprint density at radius 2 is 2.21 bits per heavy atom. The van der Waals surface area contributed by atoms with E-state index in [2.05, 4.69) is 16.8 Å². The average Bonchev–Trinajstić information content (AvgIpc) is 2.85. The molecule has 0 aliphatic rings. The van der Waals surface area contributed by atoms with E-state index in [4.69, 9.17) is 14.9 Å². The lowest BCUT2D eigenvalue weighted by molar-refractivity contribution is 0.363. The minimum Gasteiger partial charge on any atom is -0.490 e. The maximum absolute atomic E-state index is 10.8. The van der Waals surface area contributed by atoms with Crippen LogP contribution in [0.25, 0.3) is 0 Å². The predicted molar refractivity (Wildman–Crippen MR) is 69.9 cm³/mol. The van der Waals surface area contributed by atoms with E-state index in [1.807, 2.05) is 24.3 Å². The summed E-state index contributed by atoms with van der Waals surface area (Å²) in [6, 6.07) is 7.06. The fourth-order valence-corrected chi connectivity index (χ4v) is 1.62. The highest BCUT2D eigenvalue weighted by Gasteiger charge is 2.13. The molecule has 0 saturated heterocycles. The Balaban J connectivity index is 1.99. The van der Waals surface area contributed by atoms with Crippen LogP contribution in [0.3, 0.4) is 0 Å². The van der Waals surface area contributed by atoms with Gasteiger partial charge in [-0.1, -0.05) is 24.8 Å². The van der Waals surface area contributed by atoms with Gasteiger partial charge in [0.25, 0.3) is 0 Å². The van der Waals surface area contributed by atoms with E-state index in [1.165, 1.54) is 0 Å². The van der Waals surface area contributed by atoms with E-state index in [1.54, 1.807) is 6.08 Å². The lowest BCUT2D eigenvalue weighted by Gasteiger charge is -2.08. The molecule has 0 saturated carbocycles. The second kappa shape index (κ2) is 6.01. The fourth-order valence-electron chi connectivity index (χ4n) is 1.62. The molecule has 0 fully saturated rings. The molecule has 0 bridgehead atoms. The first-order chi connectivity index (χ1) is 9.19. The van der Waals surface area contributed by atoms with Crippen molar-refractivity contribution in [3.63, 3.8) is 0 Å². The van der Waals surface area contributed by atoms with Gasteiger partial charge in [0.2, 0.25) is 5.89 Å². The molecule has 1 aromatic carbocycles. The lowest BCUT2D eigenvalue weighted by Crippen LogP contribution is -2.14. The van der Waals surface area contributed by atoms with Gasteiger partial charge in [-0.05, 0) is 24.1 Å². The molecule has 100 valence electrons. The second-order valence-corrected chi connectivity index (χ2v) is 4.01. The Morgan fingerprint density at radius 3 is 2.79 bits per heavy atom. The van der Waals surface area contributed by atoms with Gasteiger partial charge in [0.15, 0.2) is 0 Å². The van der Waals surface area contributed by atoms with Crippen molar-refractivity contribution in [2.75, 3.05) is 6.61 Å². The SMILES string of the molecule is C=CCOc1ccc(C[C@H](N)c2n[nH]c(=O)o2)cc1. The molecule has 0 unspecified atom stereocenters. The van der Waals surface area contributed by atoms with Crippen LogP contribution in [0.15, 0.2) is 46.1 Å². The van der Waals surface area contributed by atoms with Crippen LogP contribution in [0.5, 0.6) is 5.75 Å². The summed E-state index contributed by atoms with van der Waals surface area (Å²) in [6.45, 7) is 4.05. The molecule has 6 heteroatoms. The topological polar surface area (TPSA) is 94.1 Å². The Kier molecular flexibility index (Phi) is 4.15.